The second kappa shape index (κ2) is 16.3. The number of aliphatic hydroxyl groups excluding tert-OH is 4. The van der Waals surface area contributed by atoms with Crippen LogP contribution in [0.2, 0.25) is 0 Å². The lowest BCUT2D eigenvalue weighted by atomic mass is 9.83. The molecule has 1 saturated heterocycles. The molecule has 0 aromatic heterocycles. The molecule has 2 fully saturated rings. The summed E-state index contributed by atoms with van der Waals surface area (Å²) in [6.45, 7) is 7.71. The van der Waals surface area contributed by atoms with Gasteiger partial charge in [0, 0.05) is 19.0 Å². The number of aliphatic hydroxyl groups is 4. The first-order valence-electron chi connectivity index (χ1n) is 14.9. The van der Waals surface area contributed by atoms with Gasteiger partial charge in [-0.2, -0.15) is 0 Å². The Balaban J connectivity index is 1.67. The SMILES string of the molecule is C[C@@H]1CO[C@H](O[C@@H]2[C@@H](O)[C@H](O[C@@H]3CCC=C(CNCCO)O3)[C@@H](N)C[C@H]2NC(=O)[C@H](O)CNC(=O)OC(C)(C)C)[C@H](O)C1. The molecule has 2 aliphatic heterocycles. The van der Waals surface area contributed by atoms with Crippen LogP contribution < -0.4 is 21.7 Å². The molecule has 3 aliphatic rings. The first-order valence-corrected chi connectivity index (χ1v) is 14.9. The van der Waals surface area contributed by atoms with E-state index in [9.17, 15) is 24.9 Å². The number of alkyl carbamates (subject to hydrolysis) is 1. The van der Waals surface area contributed by atoms with Crippen molar-refractivity contribution in [3.8, 4) is 0 Å². The van der Waals surface area contributed by atoms with Crippen molar-refractivity contribution in [1.82, 2.24) is 16.0 Å². The molecule has 3 rings (SSSR count). The van der Waals surface area contributed by atoms with E-state index in [1.807, 2.05) is 13.0 Å². The van der Waals surface area contributed by atoms with E-state index in [4.69, 9.17) is 34.5 Å². The van der Waals surface area contributed by atoms with Crippen LogP contribution in [-0.2, 0) is 28.5 Å². The summed E-state index contributed by atoms with van der Waals surface area (Å²) in [7, 11) is 0. The zero-order valence-corrected chi connectivity index (χ0v) is 25.4. The fourth-order valence-corrected chi connectivity index (χ4v) is 5.18. The Bertz CT molecular complexity index is 933. The predicted octanol–water partition coefficient (Wildman–Crippen LogP) is -1.44. The van der Waals surface area contributed by atoms with Gasteiger partial charge in [-0.05, 0) is 52.0 Å². The van der Waals surface area contributed by atoms with Gasteiger partial charge in [0.05, 0.1) is 32.3 Å². The van der Waals surface area contributed by atoms with Gasteiger partial charge >= 0.3 is 6.09 Å². The highest BCUT2D eigenvalue weighted by atomic mass is 16.7. The van der Waals surface area contributed by atoms with Crippen LogP contribution in [0, 0.1) is 5.92 Å². The van der Waals surface area contributed by atoms with Gasteiger partial charge in [-0.25, -0.2) is 4.79 Å². The molecule has 1 aliphatic carbocycles. The molecule has 15 nitrogen and oxygen atoms in total. The summed E-state index contributed by atoms with van der Waals surface area (Å²) in [5, 5.41) is 49.6. The van der Waals surface area contributed by atoms with Crippen molar-refractivity contribution in [3.05, 3.63) is 11.8 Å². The van der Waals surface area contributed by atoms with Crippen LogP contribution in [0.4, 0.5) is 4.79 Å². The van der Waals surface area contributed by atoms with Crippen molar-refractivity contribution in [2.45, 2.75) is 114 Å². The zero-order chi connectivity index (χ0) is 31.7. The summed E-state index contributed by atoms with van der Waals surface area (Å²) in [6, 6.07) is -1.66. The largest absolute Gasteiger partial charge is 0.468 e. The lowest BCUT2D eigenvalue weighted by molar-refractivity contribution is -0.282. The van der Waals surface area contributed by atoms with E-state index >= 15 is 0 Å². The molecule has 2 heterocycles. The lowest BCUT2D eigenvalue weighted by Crippen LogP contribution is -2.66. The Morgan fingerprint density at radius 1 is 1.19 bits per heavy atom. The molecule has 1 saturated carbocycles. The van der Waals surface area contributed by atoms with Crippen molar-refractivity contribution in [1.29, 1.82) is 0 Å². The van der Waals surface area contributed by atoms with E-state index in [2.05, 4.69) is 16.0 Å². The maximum atomic E-state index is 12.9. The second-order valence-corrected chi connectivity index (χ2v) is 12.4. The molecule has 15 heteroatoms. The van der Waals surface area contributed by atoms with Crippen LogP contribution in [0.15, 0.2) is 11.8 Å². The van der Waals surface area contributed by atoms with E-state index in [1.165, 1.54) is 0 Å². The molecule has 10 atom stereocenters. The predicted molar refractivity (Wildman–Crippen MR) is 152 cm³/mol. The minimum absolute atomic E-state index is 0.00891. The lowest BCUT2D eigenvalue weighted by Gasteiger charge is -2.46. The van der Waals surface area contributed by atoms with Crippen LogP contribution >= 0.6 is 0 Å². The first-order chi connectivity index (χ1) is 20.3. The van der Waals surface area contributed by atoms with Crippen molar-refractivity contribution < 1.29 is 53.7 Å². The molecule has 0 aromatic rings. The molecule has 9 N–H and O–H groups in total. The number of rotatable bonds is 12. The minimum atomic E-state index is -1.63. The Kier molecular flexibility index (Phi) is 13.4. The molecule has 2 amide bonds. The number of carbonyl (C=O) groups is 2. The third-order valence-electron chi connectivity index (χ3n) is 7.24. The fraction of sp³-hybridized carbons (Fsp3) is 0.857. The summed E-state index contributed by atoms with van der Waals surface area (Å²) in [5.74, 6) is -0.0763. The topological polar surface area (TPSA) is 223 Å². The molecular formula is C28H50N4O11. The summed E-state index contributed by atoms with van der Waals surface area (Å²) in [4.78, 5) is 24.9. The summed E-state index contributed by atoms with van der Waals surface area (Å²) < 4.78 is 29.0. The third-order valence-corrected chi connectivity index (χ3v) is 7.24. The number of nitrogens with one attached hydrogen (secondary N) is 3. The molecule has 0 unspecified atom stereocenters. The maximum Gasteiger partial charge on any atom is 0.407 e. The average Bonchev–Trinajstić information content (AvgIpc) is 2.92. The highest BCUT2D eigenvalue weighted by Crippen LogP contribution is 2.31. The quantitative estimate of drug-likeness (QED) is 0.118. The van der Waals surface area contributed by atoms with E-state index in [0.717, 1.165) is 0 Å². The Labute approximate surface area is 252 Å². The van der Waals surface area contributed by atoms with Crippen molar-refractivity contribution >= 4 is 12.0 Å². The van der Waals surface area contributed by atoms with E-state index in [1.54, 1.807) is 20.8 Å². The summed E-state index contributed by atoms with van der Waals surface area (Å²) in [5.41, 5.74) is 5.69. The van der Waals surface area contributed by atoms with Gasteiger partial charge in [0.25, 0.3) is 5.91 Å². The van der Waals surface area contributed by atoms with Crippen LogP contribution in [0.1, 0.15) is 53.4 Å². The van der Waals surface area contributed by atoms with Crippen LogP contribution in [0.3, 0.4) is 0 Å². The second-order valence-electron chi connectivity index (χ2n) is 12.4. The number of allylic oxidation sites excluding steroid dienone is 1. The monoisotopic (exact) mass is 618 g/mol. The van der Waals surface area contributed by atoms with Gasteiger partial charge < -0.3 is 65.8 Å². The Morgan fingerprint density at radius 3 is 2.60 bits per heavy atom. The maximum absolute atomic E-state index is 12.9. The summed E-state index contributed by atoms with van der Waals surface area (Å²) >= 11 is 0. The minimum Gasteiger partial charge on any atom is -0.468 e. The molecule has 0 spiro atoms. The molecule has 0 aromatic carbocycles. The highest BCUT2D eigenvalue weighted by molar-refractivity contribution is 5.81. The van der Waals surface area contributed by atoms with Gasteiger partial charge in [-0.3, -0.25) is 4.79 Å². The molecule has 43 heavy (non-hydrogen) atoms. The molecule has 0 bridgehead atoms. The normalized spacial score (nSPS) is 34.0. The number of nitrogens with two attached hydrogens (primary N) is 1. The van der Waals surface area contributed by atoms with Crippen molar-refractivity contribution in [2.75, 3.05) is 32.8 Å². The van der Waals surface area contributed by atoms with Crippen LogP contribution in [0.25, 0.3) is 0 Å². The number of hydrogen-bond donors (Lipinski definition) is 8. The Morgan fingerprint density at radius 2 is 1.93 bits per heavy atom. The zero-order valence-electron chi connectivity index (χ0n) is 25.4. The fourth-order valence-electron chi connectivity index (χ4n) is 5.18. The Hall–Kier alpha value is -2.08. The van der Waals surface area contributed by atoms with E-state index < -0.39 is 79.3 Å². The smallest absolute Gasteiger partial charge is 0.407 e. The van der Waals surface area contributed by atoms with Gasteiger partial charge in [-0.15, -0.1) is 0 Å². The van der Waals surface area contributed by atoms with Crippen LogP contribution in [0.5, 0.6) is 0 Å². The van der Waals surface area contributed by atoms with Crippen LogP contribution in [-0.4, -0.2) is 126 Å². The number of ether oxygens (including phenoxy) is 5. The highest BCUT2D eigenvalue weighted by Gasteiger charge is 2.48. The van der Waals surface area contributed by atoms with E-state index in [-0.39, 0.29) is 18.9 Å². The van der Waals surface area contributed by atoms with E-state index in [0.29, 0.717) is 44.7 Å². The number of carbonyl (C=O) groups excluding carboxylic acids is 2. The number of amides is 2. The third kappa shape index (κ3) is 11.1. The van der Waals surface area contributed by atoms with Gasteiger partial charge in [0.1, 0.15) is 41.9 Å². The van der Waals surface area contributed by atoms with Crippen molar-refractivity contribution in [2.24, 2.45) is 11.7 Å². The van der Waals surface area contributed by atoms with Crippen molar-refractivity contribution in [3.63, 3.8) is 0 Å². The molecule has 0 radical (unpaired) electrons. The molecule has 248 valence electrons. The van der Waals surface area contributed by atoms with Gasteiger partial charge in [0.15, 0.2) is 12.6 Å². The number of hydrogen-bond acceptors (Lipinski definition) is 13. The molecular weight excluding hydrogens is 568 g/mol. The average molecular weight is 619 g/mol. The van der Waals surface area contributed by atoms with Gasteiger partial charge in [-0.1, -0.05) is 6.92 Å². The van der Waals surface area contributed by atoms with Gasteiger partial charge in [0.2, 0.25) is 0 Å². The first kappa shape index (κ1) is 35.4. The summed E-state index contributed by atoms with van der Waals surface area (Å²) in [6.07, 6.45) is -4.97. The standard InChI is InChI=1S/C28H50N4O11/c1-15-10-19(34)26(39-14-15)42-24-18(32-25(37)20(35)13-31-27(38)43-28(2,3)4)11-17(29)23(22(24)36)41-21-7-5-6-16(40-21)12-30-8-9-33/h6,15,17-24,26,30,33-36H,5,7-14,29H2,1-4H3,(H,31,38)(H,32,37)/t15-,17-,18+,19+,20+,21+,22-,23+,24-,26+/m0/s1.